The smallest absolute Gasteiger partial charge is 0.417 e. The van der Waals surface area contributed by atoms with Gasteiger partial charge in [-0.3, -0.25) is 0 Å². The van der Waals surface area contributed by atoms with E-state index in [0.29, 0.717) is 43.4 Å². The molecular formula is C19H19ClF3N3O2. The number of benzene rings is 1. The van der Waals surface area contributed by atoms with Gasteiger partial charge in [0.05, 0.1) is 12.2 Å². The molecule has 1 amide bonds. The summed E-state index contributed by atoms with van der Waals surface area (Å²) in [7, 11) is 0. The van der Waals surface area contributed by atoms with Gasteiger partial charge in [-0.25, -0.2) is 9.78 Å². The van der Waals surface area contributed by atoms with Crippen molar-refractivity contribution in [1.82, 2.24) is 9.88 Å². The Labute approximate surface area is 165 Å². The molecule has 0 atom stereocenters. The first-order valence-electron chi connectivity index (χ1n) is 8.77. The molecule has 0 saturated carbocycles. The van der Waals surface area contributed by atoms with Gasteiger partial charge in [-0.1, -0.05) is 23.7 Å². The van der Waals surface area contributed by atoms with Gasteiger partial charge in [0.2, 0.25) is 0 Å². The molecule has 9 heteroatoms. The number of halogens is 4. The molecule has 0 radical (unpaired) electrons. The van der Waals surface area contributed by atoms with Crippen LogP contribution < -0.4 is 4.90 Å². The van der Waals surface area contributed by atoms with E-state index >= 15 is 0 Å². The summed E-state index contributed by atoms with van der Waals surface area (Å²) in [5, 5.41) is 0.654. The number of nitrogens with zero attached hydrogens (tertiary/aromatic N) is 3. The molecule has 0 aliphatic carbocycles. The predicted molar refractivity (Wildman–Crippen MR) is 99.5 cm³/mol. The Balaban J connectivity index is 1.44. The Morgan fingerprint density at radius 1 is 1.07 bits per heavy atom. The second-order valence-electron chi connectivity index (χ2n) is 6.37. The van der Waals surface area contributed by atoms with Crippen LogP contribution in [0.1, 0.15) is 11.1 Å². The van der Waals surface area contributed by atoms with E-state index in [9.17, 15) is 18.0 Å². The highest BCUT2D eigenvalue weighted by molar-refractivity contribution is 6.30. The highest BCUT2D eigenvalue weighted by Gasteiger charge is 2.31. The van der Waals surface area contributed by atoms with Crippen molar-refractivity contribution < 1.29 is 22.7 Å². The molecule has 1 fully saturated rings. The first kappa shape index (κ1) is 20.3. The van der Waals surface area contributed by atoms with Crippen molar-refractivity contribution in [1.29, 1.82) is 0 Å². The average Bonchev–Trinajstić information content (AvgIpc) is 2.69. The lowest BCUT2D eigenvalue weighted by Crippen LogP contribution is -2.49. The second kappa shape index (κ2) is 8.68. The molecule has 1 saturated heterocycles. The van der Waals surface area contributed by atoms with Gasteiger partial charge in [0, 0.05) is 43.8 Å². The van der Waals surface area contributed by atoms with E-state index in [-0.39, 0.29) is 6.61 Å². The van der Waals surface area contributed by atoms with E-state index < -0.39 is 17.8 Å². The number of amides is 1. The molecule has 0 N–H and O–H groups in total. The van der Waals surface area contributed by atoms with E-state index in [0.717, 1.165) is 17.8 Å². The number of anilines is 1. The molecule has 0 bridgehead atoms. The van der Waals surface area contributed by atoms with Crippen LogP contribution in [0.3, 0.4) is 0 Å². The summed E-state index contributed by atoms with van der Waals surface area (Å²) in [6.45, 7) is 2.06. The maximum absolute atomic E-state index is 12.6. The van der Waals surface area contributed by atoms with Crippen molar-refractivity contribution in [2.24, 2.45) is 0 Å². The van der Waals surface area contributed by atoms with Crippen LogP contribution in [0.4, 0.5) is 23.8 Å². The van der Waals surface area contributed by atoms with E-state index in [1.807, 2.05) is 17.0 Å². The summed E-state index contributed by atoms with van der Waals surface area (Å²) in [4.78, 5) is 19.5. The summed E-state index contributed by atoms with van der Waals surface area (Å²) in [5.41, 5.74) is 0.245. The molecule has 2 aromatic rings. The average molecular weight is 414 g/mol. The normalized spacial score (nSPS) is 14.9. The van der Waals surface area contributed by atoms with E-state index in [2.05, 4.69) is 4.98 Å². The fourth-order valence-electron chi connectivity index (χ4n) is 2.86. The van der Waals surface area contributed by atoms with Crippen molar-refractivity contribution in [3.05, 3.63) is 58.7 Å². The zero-order valence-electron chi connectivity index (χ0n) is 15.0. The third-order valence-electron chi connectivity index (χ3n) is 4.47. The number of pyridine rings is 1. The largest absolute Gasteiger partial charge is 0.449 e. The molecule has 2 heterocycles. The number of ether oxygens (including phenoxy) is 1. The Kier molecular flexibility index (Phi) is 6.28. The minimum absolute atomic E-state index is 0.265. The standard InChI is InChI=1S/C19H19ClF3N3O2/c20-16-4-1-14(2-5-16)7-12-28-18(27)26-10-8-25(9-11-26)17-6-3-15(13-24-17)19(21,22)23/h1-6,13H,7-12H2. The minimum Gasteiger partial charge on any atom is -0.449 e. The van der Waals surface area contributed by atoms with Gasteiger partial charge in [0.1, 0.15) is 5.82 Å². The maximum atomic E-state index is 12.6. The van der Waals surface area contributed by atoms with Gasteiger partial charge in [-0.15, -0.1) is 0 Å². The van der Waals surface area contributed by atoms with Crippen molar-refractivity contribution in [2.45, 2.75) is 12.6 Å². The lowest BCUT2D eigenvalue weighted by atomic mass is 10.2. The first-order valence-corrected chi connectivity index (χ1v) is 9.15. The number of hydrogen-bond acceptors (Lipinski definition) is 4. The van der Waals surface area contributed by atoms with Gasteiger partial charge < -0.3 is 14.5 Å². The number of carbonyl (C=O) groups excluding carboxylic acids is 1. The van der Waals surface area contributed by atoms with Crippen LogP contribution in [0.15, 0.2) is 42.6 Å². The Morgan fingerprint density at radius 2 is 1.75 bits per heavy atom. The van der Waals surface area contributed by atoms with Crippen LogP contribution in [-0.4, -0.2) is 48.8 Å². The van der Waals surface area contributed by atoms with E-state index in [1.54, 1.807) is 17.0 Å². The zero-order valence-corrected chi connectivity index (χ0v) is 15.7. The molecule has 0 unspecified atom stereocenters. The summed E-state index contributed by atoms with van der Waals surface area (Å²) in [6, 6.07) is 9.70. The zero-order chi connectivity index (χ0) is 20.1. The summed E-state index contributed by atoms with van der Waals surface area (Å²) in [6.07, 6.45) is -3.38. The van der Waals surface area contributed by atoms with Crippen LogP contribution in [0, 0.1) is 0 Å². The molecule has 1 aromatic carbocycles. The third-order valence-corrected chi connectivity index (χ3v) is 4.72. The topological polar surface area (TPSA) is 45.7 Å². The van der Waals surface area contributed by atoms with E-state index in [1.165, 1.54) is 6.07 Å². The molecule has 1 aliphatic heterocycles. The van der Waals surface area contributed by atoms with Gasteiger partial charge in [0.25, 0.3) is 0 Å². The first-order chi connectivity index (χ1) is 13.3. The highest BCUT2D eigenvalue weighted by Crippen LogP contribution is 2.29. The second-order valence-corrected chi connectivity index (χ2v) is 6.80. The Morgan fingerprint density at radius 3 is 2.32 bits per heavy atom. The van der Waals surface area contributed by atoms with Gasteiger partial charge in [0.15, 0.2) is 0 Å². The monoisotopic (exact) mass is 413 g/mol. The minimum atomic E-state index is -4.40. The Hall–Kier alpha value is -2.48. The van der Waals surface area contributed by atoms with Crippen molar-refractivity contribution in [3.63, 3.8) is 0 Å². The van der Waals surface area contributed by atoms with Gasteiger partial charge in [-0.2, -0.15) is 13.2 Å². The molecule has 150 valence electrons. The number of alkyl halides is 3. The SMILES string of the molecule is O=C(OCCc1ccc(Cl)cc1)N1CCN(c2ccc(C(F)(F)F)cn2)CC1. The number of carbonyl (C=O) groups is 1. The molecule has 0 spiro atoms. The van der Waals surface area contributed by atoms with Crippen LogP contribution >= 0.6 is 11.6 Å². The van der Waals surface area contributed by atoms with Crippen molar-refractivity contribution >= 4 is 23.5 Å². The number of piperazine rings is 1. The maximum Gasteiger partial charge on any atom is 0.417 e. The predicted octanol–water partition coefficient (Wildman–Crippen LogP) is 4.26. The quantitative estimate of drug-likeness (QED) is 0.751. The molecule has 1 aromatic heterocycles. The van der Waals surface area contributed by atoms with E-state index in [4.69, 9.17) is 16.3 Å². The molecule has 3 rings (SSSR count). The summed E-state index contributed by atoms with van der Waals surface area (Å²) >= 11 is 5.83. The summed E-state index contributed by atoms with van der Waals surface area (Å²) in [5.74, 6) is 0.462. The number of aromatic nitrogens is 1. The van der Waals surface area contributed by atoms with Crippen LogP contribution in [0.5, 0.6) is 0 Å². The van der Waals surface area contributed by atoms with Crippen LogP contribution in [0.25, 0.3) is 0 Å². The molecular weight excluding hydrogens is 395 g/mol. The van der Waals surface area contributed by atoms with Crippen LogP contribution in [-0.2, 0) is 17.3 Å². The fraction of sp³-hybridized carbons (Fsp3) is 0.368. The summed E-state index contributed by atoms with van der Waals surface area (Å²) < 4.78 is 43.1. The van der Waals surface area contributed by atoms with Gasteiger partial charge >= 0.3 is 12.3 Å². The molecule has 1 aliphatic rings. The number of hydrogen-bond donors (Lipinski definition) is 0. The van der Waals surface area contributed by atoms with Crippen molar-refractivity contribution in [2.75, 3.05) is 37.7 Å². The lowest BCUT2D eigenvalue weighted by Gasteiger charge is -2.34. The van der Waals surface area contributed by atoms with Crippen LogP contribution in [0.2, 0.25) is 5.02 Å². The van der Waals surface area contributed by atoms with Crippen molar-refractivity contribution in [3.8, 4) is 0 Å². The number of rotatable bonds is 4. The highest BCUT2D eigenvalue weighted by atomic mass is 35.5. The fourth-order valence-corrected chi connectivity index (χ4v) is 2.98. The Bertz CT molecular complexity index is 790. The third kappa shape index (κ3) is 5.28. The lowest BCUT2D eigenvalue weighted by molar-refractivity contribution is -0.137. The molecule has 28 heavy (non-hydrogen) atoms. The molecule has 5 nitrogen and oxygen atoms in total. The van der Waals surface area contributed by atoms with Gasteiger partial charge in [-0.05, 0) is 29.8 Å².